The van der Waals surface area contributed by atoms with Gasteiger partial charge in [-0.15, -0.1) is 11.8 Å². The molecule has 1 atom stereocenters. The number of carboxylic acid groups (broad SMARTS) is 1. The quantitative estimate of drug-likeness (QED) is 0.365. The highest BCUT2D eigenvalue weighted by Gasteiger charge is 2.37. The van der Waals surface area contributed by atoms with E-state index in [9.17, 15) is 14.7 Å². The molecule has 34 heavy (non-hydrogen) atoms. The van der Waals surface area contributed by atoms with E-state index in [0.29, 0.717) is 5.75 Å². The first kappa shape index (κ1) is 25.4. The van der Waals surface area contributed by atoms with E-state index >= 15 is 0 Å². The van der Waals surface area contributed by atoms with E-state index in [1.807, 2.05) is 48.5 Å². The number of hydrogen-bond acceptors (Lipinski definition) is 4. The summed E-state index contributed by atoms with van der Waals surface area (Å²) in [4.78, 5) is 24.1. The molecule has 0 bridgehead atoms. The van der Waals surface area contributed by atoms with E-state index in [-0.39, 0.29) is 18.2 Å². The van der Waals surface area contributed by atoms with Crippen LogP contribution in [0.3, 0.4) is 0 Å². The van der Waals surface area contributed by atoms with Crippen LogP contribution in [0.2, 0.25) is 0 Å². The fourth-order valence-electron chi connectivity index (χ4n) is 3.98. The Hall–Kier alpha value is -3.25. The maximum Gasteiger partial charge on any atom is 0.326 e. The third kappa shape index (κ3) is 5.81. The molecule has 0 fully saturated rings. The first-order valence-corrected chi connectivity index (χ1v) is 12.3. The van der Waals surface area contributed by atoms with Crippen molar-refractivity contribution >= 4 is 23.6 Å². The molecule has 178 valence electrons. The molecule has 0 aromatic heterocycles. The SMILES string of the molecule is COc1ccc(C(SCCC(=O)N[C@H](C(=O)O)C(C)C)(c2ccccc2)c2ccccc2)cc1. The minimum Gasteiger partial charge on any atom is -0.497 e. The van der Waals surface area contributed by atoms with E-state index < -0.39 is 16.8 Å². The van der Waals surface area contributed by atoms with Gasteiger partial charge in [0.15, 0.2) is 0 Å². The number of thioether (sulfide) groups is 1. The number of amides is 1. The summed E-state index contributed by atoms with van der Waals surface area (Å²) in [6.45, 7) is 3.57. The Morgan fingerprint density at radius 2 is 1.38 bits per heavy atom. The van der Waals surface area contributed by atoms with Gasteiger partial charge in [-0.3, -0.25) is 4.79 Å². The fourth-order valence-corrected chi connectivity index (χ4v) is 5.48. The number of aliphatic carboxylic acids is 1. The van der Waals surface area contributed by atoms with E-state index in [2.05, 4.69) is 41.7 Å². The van der Waals surface area contributed by atoms with Crippen molar-refractivity contribution in [2.45, 2.75) is 31.1 Å². The monoisotopic (exact) mass is 477 g/mol. The number of carbonyl (C=O) groups is 2. The van der Waals surface area contributed by atoms with Crippen LogP contribution in [-0.4, -0.2) is 35.9 Å². The van der Waals surface area contributed by atoms with Crippen LogP contribution < -0.4 is 10.1 Å². The molecule has 6 heteroatoms. The molecule has 0 radical (unpaired) electrons. The number of benzene rings is 3. The van der Waals surface area contributed by atoms with Gasteiger partial charge in [0.1, 0.15) is 11.8 Å². The summed E-state index contributed by atoms with van der Waals surface area (Å²) in [5, 5.41) is 12.1. The summed E-state index contributed by atoms with van der Waals surface area (Å²) in [6, 6.07) is 27.6. The third-order valence-electron chi connectivity index (χ3n) is 5.75. The Bertz CT molecular complexity index is 1030. The van der Waals surface area contributed by atoms with Gasteiger partial charge < -0.3 is 15.2 Å². The first-order valence-electron chi connectivity index (χ1n) is 11.3. The average Bonchev–Trinajstić information content (AvgIpc) is 2.86. The van der Waals surface area contributed by atoms with Crippen molar-refractivity contribution < 1.29 is 19.4 Å². The summed E-state index contributed by atoms with van der Waals surface area (Å²) in [7, 11) is 1.64. The van der Waals surface area contributed by atoms with Crippen molar-refractivity contribution in [1.82, 2.24) is 5.32 Å². The predicted octanol–water partition coefficient (Wildman–Crippen LogP) is 5.34. The average molecular weight is 478 g/mol. The predicted molar refractivity (Wildman–Crippen MR) is 137 cm³/mol. The summed E-state index contributed by atoms with van der Waals surface area (Å²) in [6.07, 6.45) is 0.207. The Balaban J connectivity index is 1.96. The van der Waals surface area contributed by atoms with Crippen LogP contribution in [0.5, 0.6) is 5.75 Å². The number of nitrogens with one attached hydrogen (secondary N) is 1. The van der Waals surface area contributed by atoms with Crippen molar-refractivity contribution in [3.05, 3.63) is 102 Å². The zero-order valence-corrected chi connectivity index (χ0v) is 20.5. The second-order valence-electron chi connectivity index (χ2n) is 8.37. The molecule has 0 unspecified atom stereocenters. The molecule has 0 aliphatic rings. The molecule has 5 nitrogen and oxygen atoms in total. The summed E-state index contributed by atoms with van der Waals surface area (Å²) < 4.78 is 4.82. The smallest absolute Gasteiger partial charge is 0.326 e. The molecule has 2 N–H and O–H groups in total. The number of carboxylic acids is 1. The van der Waals surface area contributed by atoms with E-state index in [1.54, 1.807) is 32.7 Å². The molecule has 3 aromatic rings. The summed E-state index contributed by atoms with van der Waals surface area (Å²) in [5.41, 5.74) is 3.27. The molecular weight excluding hydrogens is 446 g/mol. The largest absolute Gasteiger partial charge is 0.497 e. The van der Waals surface area contributed by atoms with Gasteiger partial charge >= 0.3 is 5.97 Å². The molecular formula is C28H31NO4S. The lowest BCUT2D eigenvalue weighted by molar-refractivity contribution is -0.143. The molecule has 3 aromatic carbocycles. The van der Waals surface area contributed by atoms with Crippen LogP contribution >= 0.6 is 11.8 Å². The van der Waals surface area contributed by atoms with Crippen LogP contribution in [0.1, 0.15) is 37.0 Å². The standard InChI is InChI=1S/C28H31NO4S/c1-20(2)26(27(31)32)29-25(30)18-19-34-28(21-10-6-4-7-11-21,22-12-8-5-9-13-22)23-14-16-24(33-3)17-15-23/h4-17,20,26H,18-19H2,1-3H3,(H,29,30)(H,31,32)/t26-/m0/s1. The van der Waals surface area contributed by atoms with Gasteiger partial charge in [0.05, 0.1) is 11.9 Å². The number of methoxy groups -OCH3 is 1. The van der Waals surface area contributed by atoms with Gasteiger partial charge in [-0.2, -0.15) is 0 Å². The van der Waals surface area contributed by atoms with Crippen molar-refractivity contribution in [2.75, 3.05) is 12.9 Å². The number of rotatable bonds is 11. The maximum atomic E-state index is 12.6. The minimum absolute atomic E-state index is 0.193. The van der Waals surface area contributed by atoms with Gasteiger partial charge in [0, 0.05) is 12.2 Å². The van der Waals surface area contributed by atoms with Crippen LogP contribution in [0.25, 0.3) is 0 Å². The van der Waals surface area contributed by atoms with Gasteiger partial charge in [-0.1, -0.05) is 86.6 Å². The molecule has 0 aliphatic carbocycles. The van der Waals surface area contributed by atoms with Gasteiger partial charge in [0.2, 0.25) is 5.91 Å². The van der Waals surface area contributed by atoms with E-state index in [4.69, 9.17) is 4.74 Å². The van der Waals surface area contributed by atoms with E-state index in [0.717, 1.165) is 22.4 Å². The molecule has 0 aliphatic heterocycles. The van der Waals surface area contributed by atoms with Crippen LogP contribution in [0.15, 0.2) is 84.9 Å². The number of hydrogen-bond donors (Lipinski definition) is 2. The highest BCUT2D eigenvalue weighted by molar-refractivity contribution is 8.00. The zero-order chi connectivity index (χ0) is 24.6. The highest BCUT2D eigenvalue weighted by atomic mass is 32.2. The normalized spacial score (nSPS) is 12.2. The zero-order valence-electron chi connectivity index (χ0n) is 19.7. The molecule has 1 amide bonds. The Morgan fingerprint density at radius 3 is 1.82 bits per heavy atom. The molecule has 0 heterocycles. The van der Waals surface area contributed by atoms with Crippen molar-refractivity contribution in [2.24, 2.45) is 5.92 Å². The Labute approximate surface area is 205 Å². The molecule has 0 saturated heterocycles. The van der Waals surface area contributed by atoms with Gasteiger partial charge in [-0.05, 0) is 34.7 Å². The lowest BCUT2D eigenvalue weighted by Gasteiger charge is -2.35. The Kier molecular flexibility index (Phi) is 8.77. The topological polar surface area (TPSA) is 75.6 Å². The molecule has 0 spiro atoms. The highest BCUT2D eigenvalue weighted by Crippen LogP contribution is 2.48. The van der Waals surface area contributed by atoms with Crippen LogP contribution in [-0.2, 0) is 14.3 Å². The molecule has 3 rings (SSSR count). The van der Waals surface area contributed by atoms with Gasteiger partial charge in [-0.25, -0.2) is 4.79 Å². The number of carbonyl (C=O) groups excluding carboxylic acids is 1. The second kappa shape index (κ2) is 11.7. The van der Waals surface area contributed by atoms with Gasteiger partial charge in [0.25, 0.3) is 0 Å². The Morgan fingerprint density at radius 1 is 0.882 bits per heavy atom. The summed E-state index contributed by atoms with van der Waals surface area (Å²) in [5.74, 6) is -0.195. The molecule has 0 saturated carbocycles. The van der Waals surface area contributed by atoms with Crippen molar-refractivity contribution in [3.63, 3.8) is 0 Å². The lowest BCUT2D eigenvalue weighted by Crippen LogP contribution is -2.44. The lowest BCUT2D eigenvalue weighted by atomic mass is 9.84. The third-order valence-corrected chi connectivity index (χ3v) is 7.30. The van der Waals surface area contributed by atoms with Crippen molar-refractivity contribution in [3.8, 4) is 5.75 Å². The van der Waals surface area contributed by atoms with Crippen LogP contribution in [0, 0.1) is 5.92 Å². The minimum atomic E-state index is -1.02. The van der Waals surface area contributed by atoms with Crippen molar-refractivity contribution in [1.29, 1.82) is 0 Å². The van der Waals surface area contributed by atoms with Crippen LogP contribution in [0.4, 0.5) is 0 Å². The first-order chi connectivity index (χ1) is 16.4. The second-order valence-corrected chi connectivity index (χ2v) is 9.68. The fraction of sp³-hybridized carbons (Fsp3) is 0.286. The summed E-state index contributed by atoms with van der Waals surface area (Å²) >= 11 is 1.66. The van der Waals surface area contributed by atoms with E-state index in [1.165, 1.54) is 0 Å². The number of ether oxygens (including phenoxy) is 1. The maximum absolute atomic E-state index is 12.6.